The number of rotatable bonds is 6. The number of nitrogens with zero attached hydrogens (tertiary/aromatic N) is 3. The third-order valence-corrected chi connectivity index (χ3v) is 6.08. The number of aromatic nitrogens is 1. The molecule has 0 N–H and O–H groups in total. The van der Waals surface area contributed by atoms with Crippen LogP contribution >= 0.6 is 11.3 Å². The molecule has 1 saturated heterocycles. The van der Waals surface area contributed by atoms with Gasteiger partial charge in [-0.25, -0.2) is 4.98 Å². The molecule has 6 nitrogen and oxygen atoms in total. The van der Waals surface area contributed by atoms with Crippen LogP contribution in [0.15, 0.2) is 48.5 Å². The fourth-order valence-corrected chi connectivity index (χ4v) is 4.47. The Bertz CT molecular complexity index is 1060. The Kier molecular flexibility index (Phi) is 5.40. The Labute approximate surface area is 172 Å². The molecule has 0 radical (unpaired) electrons. The molecule has 1 fully saturated rings. The van der Waals surface area contributed by atoms with E-state index in [4.69, 9.17) is 4.98 Å². The first-order valence-electron chi connectivity index (χ1n) is 9.62. The van der Waals surface area contributed by atoms with Crippen LogP contribution in [0.2, 0.25) is 0 Å². The molecule has 0 aliphatic carbocycles. The summed E-state index contributed by atoms with van der Waals surface area (Å²) >= 11 is 1.45. The van der Waals surface area contributed by atoms with E-state index in [2.05, 4.69) is 6.92 Å². The highest BCUT2D eigenvalue weighted by Crippen LogP contribution is 2.32. The Balaban J connectivity index is 1.69. The van der Waals surface area contributed by atoms with Gasteiger partial charge in [0.2, 0.25) is 17.7 Å². The maximum atomic E-state index is 13.2. The van der Waals surface area contributed by atoms with Gasteiger partial charge in [0, 0.05) is 12.8 Å². The van der Waals surface area contributed by atoms with E-state index in [1.807, 2.05) is 48.5 Å². The third kappa shape index (κ3) is 3.91. The first-order valence-corrected chi connectivity index (χ1v) is 10.4. The fraction of sp³-hybridized carbons (Fsp3) is 0.273. The van der Waals surface area contributed by atoms with Gasteiger partial charge in [0.05, 0.1) is 16.8 Å². The van der Waals surface area contributed by atoms with Gasteiger partial charge in [0.15, 0.2) is 5.13 Å². The number of imide groups is 1. The van der Waals surface area contributed by atoms with Crippen molar-refractivity contribution in [3.8, 4) is 0 Å². The lowest BCUT2D eigenvalue weighted by molar-refractivity contribution is -0.141. The van der Waals surface area contributed by atoms with Gasteiger partial charge in [-0.3, -0.25) is 24.2 Å². The number of likely N-dealkylation sites (tertiary alicyclic amines) is 1. The van der Waals surface area contributed by atoms with Crippen LogP contribution < -0.4 is 4.90 Å². The lowest BCUT2D eigenvalue weighted by Gasteiger charge is -2.22. The van der Waals surface area contributed by atoms with Gasteiger partial charge < -0.3 is 0 Å². The minimum atomic E-state index is -0.311. The highest BCUT2D eigenvalue weighted by molar-refractivity contribution is 7.22. The monoisotopic (exact) mass is 407 g/mol. The molecule has 4 rings (SSSR count). The van der Waals surface area contributed by atoms with E-state index in [-0.39, 0.29) is 37.1 Å². The summed E-state index contributed by atoms with van der Waals surface area (Å²) in [6.45, 7) is 2.16. The number of carbonyl (C=O) groups excluding carboxylic acids is 3. The van der Waals surface area contributed by atoms with Gasteiger partial charge >= 0.3 is 0 Å². The van der Waals surface area contributed by atoms with Crippen molar-refractivity contribution in [1.29, 1.82) is 0 Å². The average molecular weight is 407 g/mol. The van der Waals surface area contributed by atoms with Crippen molar-refractivity contribution in [2.45, 2.75) is 32.7 Å². The SMILES string of the molecule is CCc1cccc2sc(N(Cc3ccccc3)C(=O)CN3C(=O)CCC3=O)nc12. The second-order valence-corrected chi connectivity index (χ2v) is 7.96. The van der Waals surface area contributed by atoms with Crippen LogP contribution in [0.4, 0.5) is 5.13 Å². The Hall–Kier alpha value is -3.06. The van der Waals surface area contributed by atoms with Crippen LogP contribution in [0.5, 0.6) is 0 Å². The summed E-state index contributed by atoms with van der Waals surface area (Å²) in [6, 6.07) is 15.7. The van der Waals surface area contributed by atoms with Crippen LogP contribution in [-0.4, -0.2) is 34.2 Å². The molecule has 3 aromatic rings. The minimum Gasteiger partial charge on any atom is -0.282 e. The van der Waals surface area contributed by atoms with E-state index in [1.165, 1.54) is 11.3 Å². The molecule has 1 aromatic heterocycles. The highest BCUT2D eigenvalue weighted by Gasteiger charge is 2.32. The van der Waals surface area contributed by atoms with E-state index >= 15 is 0 Å². The van der Waals surface area contributed by atoms with Crippen molar-refractivity contribution in [3.63, 3.8) is 0 Å². The number of carbonyl (C=O) groups is 3. The third-order valence-electron chi connectivity index (χ3n) is 5.04. The van der Waals surface area contributed by atoms with Gasteiger partial charge in [0.25, 0.3) is 0 Å². The number of fused-ring (bicyclic) bond motifs is 1. The summed E-state index contributed by atoms with van der Waals surface area (Å²) in [5.74, 6) is -0.893. The molecule has 0 atom stereocenters. The standard InChI is InChI=1S/C22H21N3O3S/c1-2-16-9-6-10-17-21(16)23-22(29-17)25(13-15-7-4-3-5-8-15)20(28)14-24-18(26)11-12-19(24)27/h3-10H,2,11-14H2,1H3. The van der Waals surface area contributed by atoms with Crippen molar-refractivity contribution in [2.75, 3.05) is 11.4 Å². The van der Waals surface area contributed by atoms with Gasteiger partial charge in [-0.05, 0) is 23.6 Å². The van der Waals surface area contributed by atoms with Crippen molar-refractivity contribution in [3.05, 3.63) is 59.7 Å². The topological polar surface area (TPSA) is 70.6 Å². The first kappa shape index (κ1) is 19.3. The van der Waals surface area contributed by atoms with Crippen molar-refractivity contribution >= 4 is 44.4 Å². The zero-order valence-electron chi connectivity index (χ0n) is 16.1. The summed E-state index contributed by atoms with van der Waals surface area (Å²) in [4.78, 5) is 44.5. The zero-order valence-corrected chi connectivity index (χ0v) is 16.9. The van der Waals surface area contributed by atoms with Gasteiger partial charge in [0.1, 0.15) is 6.54 Å². The van der Waals surface area contributed by atoms with E-state index in [0.29, 0.717) is 11.7 Å². The molecule has 2 aromatic carbocycles. The van der Waals surface area contributed by atoms with E-state index in [1.54, 1.807) is 4.90 Å². The van der Waals surface area contributed by atoms with Crippen LogP contribution in [0.1, 0.15) is 30.9 Å². The molecule has 148 valence electrons. The number of amides is 3. The molecule has 0 bridgehead atoms. The second-order valence-electron chi connectivity index (χ2n) is 6.95. The quantitative estimate of drug-likeness (QED) is 0.586. The number of thiazole rings is 1. The summed E-state index contributed by atoms with van der Waals surface area (Å²) in [5, 5.41) is 0.578. The predicted molar refractivity (Wildman–Crippen MR) is 113 cm³/mol. The zero-order chi connectivity index (χ0) is 20.4. The summed E-state index contributed by atoms with van der Waals surface area (Å²) in [6.07, 6.45) is 1.20. The number of anilines is 1. The molecule has 0 spiro atoms. The van der Waals surface area contributed by atoms with Gasteiger partial charge in [-0.2, -0.15) is 0 Å². The minimum absolute atomic E-state index is 0.172. The summed E-state index contributed by atoms with van der Waals surface area (Å²) < 4.78 is 1.01. The molecular weight excluding hydrogens is 386 g/mol. The number of aryl methyl sites for hydroxylation is 1. The van der Waals surface area contributed by atoms with Crippen LogP contribution in [0.25, 0.3) is 10.2 Å². The smallest absolute Gasteiger partial charge is 0.249 e. The van der Waals surface area contributed by atoms with Crippen LogP contribution in [0.3, 0.4) is 0 Å². The molecule has 29 heavy (non-hydrogen) atoms. The maximum Gasteiger partial charge on any atom is 0.249 e. The largest absolute Gasteiger partial charge is 0.282 e. The number of benzene rings is 2. The van der Waals surface area contributed by atoms with Gasteiger partial charge in [-0.15, -0.1) is 0 Å². The molecule has 0 saturated carbocycles. The highest BCUT2D eigenvalue weighted by atomic mass is 32.1. The normalized spacial score (nSPS) is 14.0. The molecular formula is C22H21N3O3S. The van der Waals surface area contributed by atoms with Crippen LogP contribution in [0, 0.1) is 0 Å². The number of hydrogen-bond donors (Lipinski definition) is 0. The second kappa shape index (κ2) is 8.13. The Morgan fingerprint density at radius 3 is 2.48 bits per heavy atom. The van der Waals surface area contributed by atoms with Crippen LogP contribution in [-0.2, 0) is 27.3 Å². The van der Waals surface area contributed by atoms with E-state index in [9.17, 15) is 14.4 Å². The molecule has 7 heteroatoms. The lowest BCUT2D eigenvalue weighted by atomic mass is 10.1. The van der Waals surface area contributed by atoms with Crippen molar-refractivity contribution in [2.24, 2.45) is 0 Å². The molecule has 2 heterocycles. The first-order chi connectivity index (χ1) is 14.1. The lowest BCUT2D eigenvalue weighted by Crippen LogP contribution is -2.42. The Morgan fingerprint density at radius 2 is 1.79 bits per heavy atom. The molecule has 1 aliphatic heterocycles. The maximum absolute atomic E-state index is 13.2. The van der Waals surface area contributed by atoms with Crippen molar-refractivity contribution < 1.29 is 14.4 Å². The summed E-state index contributed by atoms with van der Waals surface area (Å²) in [5.41, 5.74) is 2.98. The van der Waals surface area contributed by atoms with E-state index in [0.717, 1.165) is 32.7 Å². The fourth-order valence-electron chi connectivity index (χ4n) is 3.44. The van der Waals surface area contributed by atoms with E-state index < -0.39 is 0 Å². The number of para-hydroxylation sites is 1. The average Bonchev–Trinajstić information content (AvgIpc) is 3.31. The molecule has 0 unspecified atom stereocenters. The Morgan fingerprint density at radius 1 is 1.07 bits per heavy atom. The molecule has 1 aliphatic rings. The predicted octanol–water partition coefficient (Wildman–Crippen LogP) is 3.54. The molecule has 3 amide bonds. The van der Waals surface area contributed by atoms with Crippen molar-refractivity contribution in [1.82, 2.24) is 9.88 Å². The number of hydrogen-bond acceptors (Lipinski definition) is 5. The van der Waals surface area contributed by atoms with Gasteiger partial charge in [-0.1, -0.05) is 60.7 Å². The summed E-state index contributed by atoms with van der Waals surface area (Å²) in [7, 11) is 0.